The molecule has 0 atom stereocenters. The van der Waals surface area contributed by atoms with Gasteiger partial charge in [-0.05, 0) is 67.6 Å². The molecule has 0 aliphatic carbocycles. The second-order valence-electron chi connectivity index (χ2n) is 5.57. The number of nitrogens with zero attached hydrogens (tertiary/aromatic N) is 1. The molecule has 0 bridgehead atoms. The van der Waals surface area contributed by atoms with Crippen molar-refractivity contribution in [2.75, 3.05) is 19.1 Å². The smallest absolute Gasteiger partial charge is 0.119 e. The minimum absolute atomic E-state index is 0.845. The van der Waals surface area contributed by atoms with Gasteiger partial charge in [-0.15, -0.1) is 0 Å². The molecule has 0 heterocycles. The van der Waals surface area contributed by atoms with Crippen LogP contribution in [0.5, 0.6) is 11.5 Å². The van der Waals surface area contributed by atoms with Crippen molar-refractivity contribution in [3.05, 3.63) is 78.4 Å². The van der Waals surface area contributed by atoms with Crippen LogP contribution in [0.1, 0.15) is 5.56 Å². The second kappa shape index (κ2) is 7.09. The largest absolute Gasteiger partial charge is 0.497 e. The molecule has 0 radical (unpaired) electrons. The Balaban J connectivity index is 2.06. The van der Waals surface area contributed by atoms with E-state index in [0.717, 1.165) is 28.6 Å². The molecule has 0 saturated heterocycles. The number of hydrogen-bond acceptors (Lipinski definition) is 3. The summed E-state index contributed by atoms with van der Waals surface area (Å²) in [6.45, 7) is 2.09. The first-order chi connectivity index (χ1) is 11.7. The third-order valence-electron chi connectivity index (χ3n) is 3.95. The lowest BCUT2D eigenvalue weighted by Crippen LogP contribution is -2.09. The Labute approximate surface area is 143 Å². The molecule has 0 spiro atoms. The number of hydrogen-bond donors (Lipinski definition) is 0. The molecule has 0 aliphatic rings. The number of methoxy groups -OCH3 is 2. The van der Waals surface area contributed by atoms with Gasteiger partial charge in [-0.3, -0.25) is 0 Å². The van der Waals surface area contributed by atoms with Crippen LogP contribution in [-0.2, 0) is 0 Å². The van der Waals surface area contributed by atoms with Gasteiger partial charge in [-0.25, -0.2) is 0 Å². The van der Waals surface area contributed by atoms with Gasteiger partial charge in [0.25, 0.3) is 0 Å². The maximum atomic E-state index is 5.27. The predicted octanol–water partition coefficient (Wildman–Crippen LogP) is 5.48. The van der Waals surface area contributed by atoms with Crippen LogP contribution >= 0.6 is 0 Å². The van der Waals surface area contributed by atoms with Crippen molar-refractivity contribution in [3.8, 4) is 11.5 Å². The first-order valence-electron chi connectivity index (χ1n) is 7.86. The predicted molar refractivity (Wildman–Crippen MR) is 99.0 cm³/mol. The highest BCUT2D eigenvalue weighted by molar-refractivity contribution is 5.77. The highest BCUT2D eigenvalue weighted by Gasteiger charge is 2.12. The van der Waals surface area contributed by atoms with Crippen molar-refractivity contribution < 1.29 is 9.47 Å². The first kappa shape index (κ1) is 15.9. The van der Waals surface area contributed by atoms with E-state index >= 15 is 0 Å². The normalized spacial score (nSPS) is 10.3. The Morgan fingerprint density at radius 2 is 0.875 bits per heavy atom. The maximum Gasteiger partial charge on any atom is 0.119 e. The molecule has 0 unspecified atom stereocenters. The van der Waals surface area contributed by atoms with E-state index in [0.29, 0.717) is 0 Å². The fourth-order valence-corrected chi connectivity index (χ4v) is 2.60. The van der Waals surface area contributed by atoms with Crippen molar-refractivity contribution in [3.63, 3.8) is 0 Å². The van der Waals surface area contributed by atoms with E-state index in [2.05, 4.69) is 60.4 Å². The average Bonchev–Trinajstić information content (AvgIpc) is 2.64. The van der Waals surface area contributed by atoms with Gasteiger partial charge in [0.05, 0.1) is 14.2 Å². The molecule has 0 saturated carbocycles. The zero-order valence-electron chi connectivity index (χ0n) is 14.2. The molecular formula is C21H21NO2. The van der Waals surface area contributed by atoms with Gasteiger partial charge in [-0.1, -0.05) is 17.7 Å². The van der Waals surface area contributed by atoms with Crippen molar-refractivity contribution in [1.29, 1.82) is 0 Å². The molecule has 0 fully saturated rings. The Kier molecular flexibility index (Phi) is 4.71. The minimum Gasteiger partial charge on any atom is -0.497 e. The molecule has 3 aromatic rings. The number of aryl methyl sites for hydroxylation is 1. The Bertz CT molecular complexity index is 730. The van der Waals surface area contributed by atoms with Crippen LogP contribution in [0.2, 0.25) is 0 Å². The summed E-state index contributed by atoms with van der Waals surface area (Å²) in [4.78, 5) is 2.21. The Morgan fingerprint density at radius 1 is 0.542 bits per heavy atom. The van der Waals surface area contributed by atoms with Gasteiger partial charge in [-0.2, -0.15) is 0 Å². The molecule has 3 heteroatoms. The van der Waals surface area contributed by atoms with Crippen LogP contribution in [0, 0.1) is 6.92 Å². The summed E-state index contributed by atoms with van der Waals surface area (Å²) in [7, 11) is 3.35. The molecule has 122 valence electrons. The highest BCUT2D eigenvalue weighted by Crippen LogP contribution is 2.35. The summed E-state index contributed by atoms with van der Waals surface area (Å²) < 4.78 is 10.5. The molecule has 24 heavy (non-hydrogen) atoms. The molecular weight excluding hydrogens is 298 g/mol. The fourth-order valence-electron chi connectivity index (χ4n) is 2.60. The van der Waals surface area contributed by atoms with E-state index in [1.807, 2.05) is 24.3 Å². The summed E-state index contributed by atoms with van der Waals surface area (Å²) in [5.74, 6) is 1.69. The Hall–Kier alpha value is -2.94. The lowest BCUT2D eigenvalue weighted by atomic mass is 10.1. The average molecular weight is 319 g/mol. The molecule has 3 nitrogen and oxygen atoms in total. The summed E-state index contributed by atoms with van der Waals surface area (Å²) >= 11 is 0. The lowest BCUT2D eigenvalue weighted by molar-refractivity contribution is 0.415. The van der Waals surface area contributed by atoms with Crippen molar-refractivity contribution in [1.82, 2.24) is 0 Å². The van der Waals surface area contributed by atoms with Crippen LogP contribution in [0.15, 0.2) is 72.8 Å². The third kappa shape index (κ3) is 3.35. The zero-order valence-corrected chi connectivity index (χ0v) is 14.2. The zero-order chi connectivity index (χ0) is 16.9. The number of rotatable bonds is 5. The van der Waals surface area contributed by atoms with Gasteiger partial charge in [0.15, 0.2) is 0 Å². The van der Waals surface area contributed by atoms with E-state index in [1.54, 1.807) is 14.2 Å². The van der Waals surface area contributed by atoms with Crippen molar-refractivity contribution >= 4 is 17.1 Å². The van der Waals surface area contributed by atoms with E-state index < -0.39 is 0 Å². The first-order valence-corrected chi connectivity index (χ1v) is 7.86. The lowest BCUT2D eigenvalue weighted by Gasteiger charge is -2.25. The van der Waals surface area contributed by atoms with Crippen LogP contribution in [0.3, 0.4) is 0 Å². The molecule has 3 rings (SSSR count). The van der Waals surface area contributed by atoms with Crippen LogP contribution in [0.25, 0.3) is 0 Å². The maximum absolute atomic E-state index is 5.27. The number of benzene rings is 3. The standard InChI is InChI=1S/C21H21NO2/c1-16-4-6-17(7-5-16)22(18-8-12-20(23-2)13-9-18)19-10-14-21(24-3)15-11-19/h4-15H,1-3H3. The number of anilines is 3. The SMILES string of the molecule is COc1ccc(N(c2ccc(C)cc2)c2ccc(OC)cc2)cc1. The molecule has 0 amide bonds. The van der Waals surface area contributed by atoms with Gasteiger partial charge in [0, 0.05) is 17.1 Å². The minimum atomic E-state index is 0.845. The van der Waals surface area contributed by atoms with Crippen LogP contribution < -0.4 is 14.4 Å². The van der Waals surface area contributed by atoms with E-state index in [4.69, 9.17) is 9.47 Å². The van der Waals surface area contributed by atoms with Crippen molar-refractivity contribution in [2.24, 2.45) is 0 Å². The molecule has 0 aromatic heterocycles. The summed E-state index contributed by atoms with van der Waals surface area (Å²) in [6.07, 6.45) is 0. The summed E-state index contributed by atoms with van der Waals surface area (Å²) in [5, 5.41) is 0. The van der Waals surface area contributed by atoms with Gasteiger partial charge in [0.2, 0.25) is 0 Å². The van der Waals surface area contributed by atoms with Gasteiger partial charge < -0.3 is 14.4 Å². The molecule has 3 aromatic carbocycles. The topological polar surface area (TPSA) is 21.7 Å². The van der Waals surface area contributed by atoms with E-state index in [-0.39, 0.29) is 0 Å². The van der Waals surface area contributed by atoms with Crippen LogP contribution in [0.4, 0.5) is 17.1 Å². The van der Waals surface area contributed by atoms with Gasteiger partial charge in [0.1, 0.15) is 11.5 Å². The monoisotopic (exact) mass is 319 g/mol. The summed E-state index contributed by atoms with van der Waals surface area (Å²) in [6, 6.07) is 24.6. The molecule has 0 aliphatic heterocycles. The van der Waals surface area contributed by atoms with Gasteiger partial charge >= 0.3 is 0 Å². The van der Waals surface area contributed by atoms with Crippen molar-refractivity contribution in [2.45, 2.75) is 6.92 Å². The van der Waals surface area contributed by atoms with Crippen LogP contribution in [-0.4, -0.2) is 14.2 Å². The Morgan fingerprint density at radius 3 is 1.21 bits per heavy atom. The third-order valence-corrected chi connectivity index (χ3v) is 3.95. The highest BCUT2D eigenvalue weighted by atomic mass is 16.5. The van der Waals surface area contributed by atoms with E-state index in [9.17, 15) is 0 Å². The summed E-state index contributed by atoms with van der Waals surface area (Å²) in [5.41, 5.74) is 4.49. The molecule has 0 N–H and O–H groups in total. The fraction of sp³-hybridized carbons (Fsp3) is 0.143. The number of ether oxygens (including phenoxy) is 2. The van der Waals surface area contributed by atoms with E-state index in [1.165, 1.54) is 5.56 Å². The second-order valence-corrected chi connectivity index (χ2v) is 5.57. The quantitative estimate of drug-likeness (QED) is 0.621.